The van der Waals surface area contributed by atoms with Crippen LogP contribution in [0.1, 0.15) is 34.2 Å². The first-order valence-corrected chi connectivity index (χ1v) is 6.64. The molecule has 0 aliphatic carbocycles. The van der Waals surface area contributed by atoms with E-state index in [1.807, 2.05) is 39.0 Å². The van der Waals surface area contributed by atoms with Crippen molar-refractivity contribution in [2.24, 2.45) is 7.05 Å². The molecule has 106 valence electrons. The zero-order valence-electron chi connectivity index (χ0n) is 12.3. The molecular weight excluding hydrogens is 252 g/mol. The Kier molecular flexibility index (Phi) is 3.79. The van der Waals surface area contributed by atoms with Gasteiger partial charge >= 0.3 is 0 Å². The van der Waals surface area contributed by atoms with Crippen molar-refractivity contribution in [3.63, 3.8) is 0 Å². The minimum absolute atomic E-state index is 0.227. The summed E-state index contributed by atoms with van der Waals surface area (Å²) in [5.74, 6) is -0.227. The van der Waals surface area contributed by atoms with Crippen LogP contribution in [0.25, 0.3) is 0 Å². The number of hydrogen-bond acceptors (Lipinski definition) is 3. The zero-order chi connectivity index (χ0) is 14.9. The Bertz CT molecular complexity index is 638. The average Bonchev–Trinajstić information content (AvgIpc) is 2.68. The summed E-state index contributed by atoms with van der Waals surface area (Å²) < 4.78 is 1.54. The van der Waals surface area contributed by atoms with Crippen molar-refractivity contribution >= 4 is 17.3 Å². The molecule has 1 aromatic carbocycles. The van der Waals surface area contributed by atoms with E-state index < -0.39 is 0 Å². The first-order chi connectivity index (χ1) is 9.45. The second-order valence-corrected chi connectivity index (χ2v) is 4.91. The van der Waals surface area contributed by atoms with E-state index >= 15 is 0 Å². The highest BCUT2D eigenvalue weighted by atomic mass is 16.2. The molecule has 1 heterocycles. The van der Waals surface area contributed by atoms with E-state index in [0.29, 0.717) is 17.8 Å². The average molecular weight is 272 g/mol. The molecule has 0 atom stereocenters. The number of nitrogens with zero attached hydrogens (tertiary/aromatic N) is 2. The molecule has 2 aromatic rings. The standard InChI is InChI=1S/C15H20N4O/c1-5-11-12(16)14(19(4)18-11)15(20)17-13-9(2)7-6-8-10(13)3/h6-8H,5,16H2,1-4H3,(H,17,20). The van der Waals surface area contributed by atoms with E-state index in [0.717, 1.165) is 22.5 Å². The number of rotatable bonds is 3. The highest BCUT2D eigenvalue weighted by molar-refractivity contribution is 6.07. The molecular formula is C15H20N4O. The number of aromatic nitrogens is 2. The third kappa shape index (κ3) is 2.39. The molecule has 0 saturated carbocycles. The van der Waals surface area contributed by atoms with Gasteiger partial charge in [-0.25, -0.2) is 0 Å². The van der Waals surface area contributed by atoms with Crippen LogP contribution in [0.3, 0.4) is 0 Å². The summed E-state index contributed by atoms with van der Waals surface area (Å²) in [4.78, 5) is 12.4. The molecule has 0 spiro atoms. The normalized spacial score (nSPS) is 10.6. The second-order valence-electron chi connectivity index (χ2n) is 4.91. The molecule has 2 rings (SSSR count). The highest BCUT2D eigenvalue weighted by Crippen LogP contribution is 2.23. The molecule has 0 aliphatic rings. The summed E-state index contributed by atoms with van der Waals surface area (Å²) in [5, 5.41) is 7.20. The Morgan fingerprint density at radius 1 is 1.35 bits per heavy atom. The Morgan fingerprint density at radius 3 is 2.45 bits per heavy atom. The number of nitrogen functional groups attached to an aromatic ring is 1. The Morgan fingerprint density at radius 2 is 1.95 bits per heavy atom. The van der Waals surface area contributed by atoms with Gasteiger partial charge in [-0.2, -0.15) is 5.10 Å². The summed E-state index contributed by atoms with van der Waals surface area (Å²) in [5.41, 5.74) is 10.5. The first-order valence-electron chi connectivity index (χ1n) is 6.64. The number of hydrogen-bond donors (Lipinski definition) is 2. The van der Waals surface area contributed by atoms with Crippen LogP contribution in [0.4, 0.5) is 11.4 Å². The SMILES string of the molecule is CCc1nn(C)c(C(=O)Nc2c(C)cccc2C)c1N. The van der Waals surface area contributed by atoms with Gasteiger partial charge in [-0.3, -0.25) is 9.48 Å². The van der Waals surface area contributed by atoms with Gasteiger partial charge in [-0.15, -0.1) is 0 Å². The Balaban J connectivity index is 2.36. The van der Waals surface area contributed by atoms with Crippen molar-refractivity contribution in [1.82, 2.24) is 9.78 Å². The van der Waals surface area contributed by atoms with E-state index in [1.54, 1.807) is 7.05 Å². The van der Waals surface area contributed by atoms with Crippen LogP contribution >= 0.6 is 0 Å². The number of carbonyl (C=O) groups is 1. The molecule has 0 unspecified atom stereocenters. The lowest BCUT2D eigenvalue weighted by molar-refractivity contribution is 0.101. The van der Waals surface area contributed by atoms with Crippen molar-refractivity contribution in [1.29, 1.82) is 0 Å². The van der Waals surface area contributed by atoms with Gasteiger partial charge in [0.05, 0.1) is 11.4 Å². The molecule has 5 heteroatoms. The molecule has 0 saturated heterocycles. The highest BCUT2D eigenvalue weighted by Gasteiger charge is 2.20. The molecule has 0 radical (unpaired) electrons. The van der Waals surface area contributed by atoms with Gasteiger partial charge < -0.3 is 11.1 Å². The number of anilines is 2. The number of benzene rings is 1. The van der Waals surface area contributed by atoms with Crippen molar-refractivity contribution in [2.45, 2.75) is 27.2 Å². The summed E-state index contributed by atoms with van der Waals surface area (Å²) in [7, 11) is 1.73. The van der Waals surface area contributed by atoms with E-state index in [1.165, 1.54) is 4.68 Å². The number of nitrogens with two attached hydrogens (primary N) is 1. The van der Waals surface area contributed by atoms with E-state index in [9.17, 15) is 4.79 Å². The predicted molar refractivity (Wildman–Crippen MR) is 80.9 cm³/mol. The van der Waals surface area contributed by atoms with Gasteiger partial charge in [0.1, 0.15) is 5.69 Å². The first kappa shape index (κ1) is 14.1. The molecule has 0 aliphatic heterocycles. The van der Waals surface area contributed by atoms with Crippen molar-refractivity contribution < 1.29 is 4.79 Å². The maximum Gasteiger partial charge on any atom is 0.276 e. The largest absolute Gasteiger partial charge is 0.395 e. The lowest BCUT2D eigenvalue weighted by Gasteiger charge is -2.11. The second kappa shape index (κ2) is 5.36. The molecule has 1 aromatic heterocycles. The van der Waals surface area contributed by atoms with Gasteiger partial charge in [0.15, 0.2) is 0 Å². The van der Waals surface area contributed by atoms with Crippen molar-refractivity contribution in [3.05, 3.63) is 40.7 Å². The molecule has 5 nitrogen and oxygen atoms in total. The van der Waals surface area contributed by atoms with Crippen LogP contribution in [-0.2, 0) is 13.5 Å². The Labute approximate surface area is 118 Å². The van der Waals surface area contributed by atoms with Crippen molar-refractivity contribution in [2.75, 3.05) is 11.1 Å². The number of carbonyl (C=O) groups excluding carboxylic acids is 1. The number of amides is 1. The van der Waals surface area contributed by atoms with Crippen LogP contribution in [0.5, 0.6) is 0 Å². The molecule has 20 heavy (non-hydrogen) atoms. The fraction of sp³-hybridized carbons (Fsp3) is 0.333. The van der Waals surface area contributed by atoms with Crippen LogP contribution in [-0.4, -0.2) is 15.7 Å². The van der Waals surface area contributed by atoms with E-state index in [-0.39, 0.29) is 5.91 Å². The zero-order valence-corrected chi connectivity index (χ0v) is 12.3. The minimum atomic E-state index is -0.227. The molecule has 1 amide bonds. The molecule has 3 N–H and O–H groups in total. The van der Waals surface area contributed by atoms with Gasteiger partial charge in [0.25, 0.3) is 5.91 Å². The van der Waals surface area contributed by atoms with Gasteiger partial charge in [-0.1, -0.05) is 25.1 Å². The van der Waals surface area contributed by atoms with Crippen LogP contribution < -0.4 is 11.1 Å². The maximum atomic E-state index is 12.4. The van der Waals surface area contributed by atoms with Crippen LogP contribution in [0.2, 0.25) is 0 Å². The van der Waals surface area contributed by atoms with Gasteiger partial charge in [0, 0.05) is 12.7 Å². The summed E-state index contributed by atoms with van der Waals surface area (Å²) >= 11 is 0. The molecule has 0 fully saturated rings. The van der Waals surface area contributed by atoms with E-state index in [2.05, 4.69) is 10.4 Å². The minimum Gasteiger partial charge on any atom is -0.395 e. The lowest BCUT2D eigenvalue weighted by Crippen LogP contribution is -2.18. The summed E-state index contributed by atoms with van der Waals surface area (Å²) in [6.07, 6.45) is 0.705. The number of para-hydroxylation sites is 1. The lowest BCUT2D eigenvalue weighted by atomic mass is 10.1. The van der Waals surface area contributed by atoms with Crippen LogP contribution in [0, 0.1) is 13.8 Å². The van der Waals surface area contributed by atoms with Gasteiger partial charge in [0.2, 0.25) is 0 Å². The summed E-state index contributed by atoms with van der Waals surface area (Å²) in [6.45, 7) is 5.89. The van der Waals surface area contributed by atoms with Crippen molar-refractivity contribution in [3.8, 4) is 0 Å². The third-order valence-electron chi connectivity index (χ3n) is 3.43. The van der Waals surface area contributed by atoms with Crippen LogP contribution in [0.15, 0.2) is 18.2 Å². The quantitative estimate of drug-likeness (QED) is 0.901. The topological polar surface area (TPSA) is 72.9 Å². The predicted octanol–water partition coefficient (Wildman–Crippen LogP) is 2.43. The summed E-state index contributed by atoms with van der Waals surface area (Å²) in [6, 6.07) is 5.90. The van der Waals surface area contributed by atoms with Gasteiger partial charge in [-0.05, 0) is 31.4 Å². The Hall–Kier alpha value is -2.30. The third-order valence-corrected chi connectivity index (χ3v) is 3.43. The van der Waals surface area contributed by atoms with E-state index in [4.69, 9.17) is 5.73 Å². The fourth-order valence-electron chi connectivity index (χ4n) is 2.31. The number of aryl methyl sites for hydroxylation is 4. The smallest absolute Gasteiger partial charge is 0.276 e. The maximum absolute atomic E-state index is 12.4. The number of nitrogens with one attached hydrogen (secondary N) is 1. The molecule has 0 bridgehead atoms. The fourth-order valence-corrected chi connectivity index (χ4v) is 2.31. The monoisotopic (exact) mass is 272 g/mol.